The van der Waals surface area contributed by atoms with E-state index in [0.29, 0.717) is 0 Å². The molecule has 0 atom stereocenters. The van der Waals surface area contributed by atoms with Crippen LogP contribution in [-0.4, -0.2) is 5.91 Å². The molecule has 0 saturated carbocycles. The summed E-state index contributed by atoms with van der Waals surface area (Å²) >= 11 is 0. The molecule has 6 heteroatoms. The first kappa shape index (κ1) is 13.9. The van der Waals surface area contributed by atoms with Gasteiger partial charge in [0.25, 0.3) is 5.91 Å². The predicted octanol–water partition coefficient (Wildman–Crippen LogP) is 3.25. The molecule has 0 fully saturated rings. The lowest BCUT2D eigenvalue weighted by atomic mass is 10.1. The molecule has 0 saturated heterocycles. The first-order valence-electron chi connectivity index (χ1n) is 5.71. The highest BCUT2D eigenvalue weighted by atomic mass is 19.1. The van der Waals surface area contributed by atoms with Crippen LogP contribution in [0.3, 0.4) is 0 Å². The van der Waals surface area contributed by atoms with Gasteiger partial charge in [-0.25, -0.2) is 13.2 Å². The Labute approximate surface area is 113 Å². The quantitative estimate of drug-likeness (QED) is 0.830. The van der Waals surface area contributed by atoms with Gasteiger partial charge in [0.2, 0.25) is 0 Å². The van der Waals surface area contributed by atoms with Crippen LogP contribution >= 0.6 is 0 Å². The average Bonchev–Trinajstić information content (AvgIpc) is 2.41. The van der Waals surface area contributed by atoms with Gasteiger partial charge in [-0.3, -0.25) is 4.79 Å². The van der Waals surface area contributed by atoms with Crippen LogP contribution < -0.4 is 11.1 Å². The number of nitrogens with two attached hydrogens (primary N) is 1. The molecular formula is C14H11F3N2O. The Morgan fingerprint density at radius 3 is 2.55 bits per heavy atom. The molecule has 2 aromatic rings. The number of anilines is 2. The third-order valence-electron chi connectivity index (χ3n) is 2.78. The van der Waals surface area contributed by atoms with E-state index in [2.05, 4.69) is 5.32 Å². The standard InChI is InChI=1S/C14H11F3N2O/c1-7-2-4-10(16)13(12(7)17)19-14(20)9-6-8(15)3-5-11(9)18/h2-6H,18H2,1H3,(H,19,20). The lowest BCUT2D eigenvalue weighted by Gasteiger charge is -2.10. The molecule has 0 aromatic heterocycles. The largest absolute Gasteiger partial charge is 0.398 e. The van der Waals surface area contributed by atoms with Crippen molar-refractivity contribution in [3.8, 4) is 0 Å². The van der Waals surface area contributed by atoms with Gasteiger partial charge in [0.15, 0.2) is 5.82 Å². The second kappa shape index (κ2) is 5.24. The molecule has 2 aromatic carbocycles. The van der Waals surface area contributed by atoms with Crippen molar-refractivity contribution in [2.75, 3.05) is 11.1 Å². The summed E-state index contributed by atoms with van der Waals surface area (Å²) in [4.78, 5) is 11.9. The number of hydrogen-bond acceptors (Lipinski definition) is 2. The first-order chi connectivity index (χ1) is 9.40. The van der Waals surface area contributed by atoms with Crippen LogP contribution in [0.1, 0.15) is 15.9 Å². The molecule has 0 spiro atoms. The predicted molar refractivity (Wildman–Crippen MR) is 69.9 cm³/mol. The van der Waals surface area contributed by atoms with Crippen molar-refractivity contribution in [2.45, 2.75) is 6.92 Å². The van der Waals surface area contributed by atoms with Crippen LogP contribution in [0.2, 0.25) is 0 Å². The number of aryl methyl sites for hydroxylation is 1. The molecule has 3 N–H and O–H groups in total. The van der Waals surface area contributed by atoms with Gasteiger partial charge in [0.05, 0.1) is 5.56 Å². The average molecular weight is 280 g/mol. The normalized spacial score (nSPS) is 10.4. The lowest BCUT2D eigenvalue weighted by molar-refractivity contribution is 0.102. The van der Waals surface area contributed by atoms with Crippen molar-refractivity contribution in [3.63, 3.8) is 0 Å². The molecule has 0 unspecified atom stereocenters. The third kappa shape index (κ3) is 2.59. The maximum absolute atomic E-state index is 13.8. The molecule has 0 heterocycles. The summed E-state index contributed by atoms with van der Waals surface area (Å²) in [6.45, 7) is 1.43. The van der Waals surface area contributed by atoms with Crippen molar-refractivity contribution in [3.05, 3.63) is 58.9 Å². The highest BCUT2D eigenvalue weighted by Crippen LogP contribution is 2.23. The molecule has 104 valence electrons. The fraction of sp³-hybridized carbons (Fsp3) is 0.0714. The van der Waals surface area contributed by atoms with E-state index in [0.717, 1.165) is 18.2 Å². The number of nitrogen functional groups attached to an aromatic ring is 1. The number of carbonyl (C=O) groups excluding carboxylic acids is 1. The molecule has 0 aliphatic rings. The van der Waals surface area contributed by atoms with Crippen molar-refractivity contribution >= 4 is 17.3 Å². The van der Waals surface area contributed by atoms with Crippen LogP contribution in [0.4, 0.5) is 24.5 Å². The zero-order valence-electron chi connectivity index (χ0n) is 10.5. The minimum absolute atomic E-state index is 0.0115. The van der Waals surface area contributed by atoms with Crippen LogP contribution in [0.25, 0.3) is 0 Å². The van der Waals surface area contributed by atoms with E-state index >= 15 is 0 Å². The van der Waals surface area contributed by atoms with E-state index in [4.69, 9.17) is 5.73 Å². The fourth-order valence-electron chi connectivity index (χ4n) is 1.68. The molecule has 2 rings (SSSR count). The minimum atomic E-state index is -0.920. The van der Waals surface area contributed by atoms with Crippen molar-refractivity contribution < 1.29 is 18.0 Å². The minimum Gasteiger partial charge on any atom is -0.398 e. The van der Waals surface area contributed by atoms with Crippen LogP contribution in [0.5, 0.6) is 0 Å². The second-order valence-corrected chi connectivity index (χ2v) is 4.24. The Morgan fingerprint density at radius 1 is 1.15 bits per heavy atom. The molecule has 20 heavy (non-hydrogen) atoms. The van der Waals surface area contributed by atoms with Crippen LogP contribution in [0.15, 0.2) is 30.3 Å². The zero-order valence-corrected chi connectivity index (χ0v) is 10.5. The van der Waals surface area contributed by atoms with Crippen molar-refractivity contribution in [2.24, 2.45) is 0 Å². The molecule has 1 amide bonds. The monoisotopic (exact) mass is 280 g/mol. The number of amides is 1. The molecule has 3 nitrogen and oxygen atoms in total. The van der Waals surface area contributed by atoms with Gasteiger partial charge < -0.3 is 11.1 Å². The molecule has 0 bridgehead atoms. The maximum atomic E-state index is 13.8. The van der Waals surface area contributed by atoms with Gasteiger partial charge in [-0.1, -0.05) is 6.07 Å². The Bertz CT molecular complexity index is 686. The summed E-state index contributed by atoms with van der Waals surface area (Å²) in [7, 11) is 0. The van der Waals surface area contributed by atoms with Gasteiger partial charge >= 0.3 is 0 Å². The molecular weight excluding hydrogens is 269 g/mol. The van der Waals surface area contributed by atoms with Crippen LogP contribution in [0, 0.1) is 24.4 Å². The number of benzene rings is 2. The Balaban J connectivity index is 2.38. The Morgan fingerprint density at radius 2 is 1.85 bits per heavy atom. The number of hydrogen-bond donors (Lipinski definition) is 2. The summed E-state index contributed by atoms with van der Waals surface area (Å²) in [6, 6.07) is 5.46. The van der Waals surface area contributed by atoms with E-state index in [-0.39, 0.29) is 16.8 Å². The van der Waals surface area contributed by atoms with Crippen molar-refractivity contribution in [1.29, 1.82) is 0 Å². The smallest absolute Gasteiger partial charge is 0.258 e. The van der Waals surface area contributed by atoms with Crippen molar-refractivity contribution in [1.82, 2.24) is 0 Å². The highest BCUT2D eigenvalue weighted by molar-refractivity contribution is 6.07. The highest BCUT2D eigenvalue weighted by Gasteiger charge is 2.17. The number of nitrogens with one attached hydrogen (secondary N) is 1. The van der Waals surface area contributed by atoms with E-state index in [1.54, 1.807) is 0 Å². The summed E-state index contributed by atoms with van der Waals surface area (Å²) < 4.78 is 40.4. The molecule has 0 aliphatic carbocycles. The summed E-state index contributed by atoms with van der Waals surface area (Å²) in [6.07, 6.45) is 0. The second-order valence-electron chi connectivity index (χ2n) is 4.24. The molecule has 0 radical (unpaired) electrons. The number of halogens is 3. The third-order valence-corrected chi connectivity index (χ3v) is 2.78. The van der Waals surface area contributed by atoms with E-state index in [1.165, 1.54) is 19.1 Å². The molecule has 0 aliphatic heterocycles. The van der Waals surface area contributed by atoms with Gasteiger partial charge in [-0.15, -0.1) is 0 Å². The van der Waals surface area contributed by atoms with E-state index in [1.807, 2.05) is 0 Å². The van der Waals surface area contributed by atoms with Gasteiger partial charge in [0, 0.05) is 5.69 Å². The number of rotatable bonds is 2. The van der Waals surface area contributed by atoms with Gasteiger partial charge in [0.1, 0.15) is 17.3 Å². The lowest BCUT2D eigenvalue weighted by Crippen LogP contribution is -2.16. The summed E-state index contributed by atoms with van der Waals surface area (Å²) in [5.41, 5.74) is 4.95. The number of carbonyl (C=O) groups is 1. The Kier molecular flexibility index (Phi) is 3.65. The SMILES string of the molecule is Cc1ccc(F)c(NC(=O)c2cc(F)ccc2N)c1F. The van der Waals surface area contributed by atoms with E-state index < -0.39 is 29.0 Å². The topological polar surface area (TPSA) is 55.1 Å². The van der Waals surface area contributed by atoms with Gasteiger partial charge in [-0.2, -0.15) is 0 Å². The summed E-state index contributed by atoms with van der Waals surface area (Å²) in [5.74, 6) is -3.36. The van der Waals surface area contributed by atoms with E-state index in [9.17, 15) is 18.0 Å². The van der Waals surface area contributed by atoms with Crippen LogP contribution in [-0.2, 0) is 0 Å². The van der Waals surface area contributed by atoms with Gasteiger partial charge in [-0.05, 0) is 36.8 Å². The summed E-state index contributed by atoms with van der Waals surface area (Å²) in [5, 5.41) is 2.07. The fourth-order valence-corrected chi connectivity index (χ4v) is 1.68. The first-order valence-corrected chi connectivity index (χ1v) is 5.71. The maximum Gasteiger partial charge on any atom is 0.258 e. The Hall–Kier alpha value is -2.50. The zero-order chi connectivity index (χ0) is 14.9.